The van der Waals surface area contributed by atoms with E-state index in [1.807, 2.05) is 6.07 Å². The minimum Gasteiger partial charge on any atom is -0.857 e. The summed E-state index contributed by atoms with van der Waals surface area (Å²) in [5, 5.41) is 19.2. The van der Waals surface area contributed by atoms with Crippen LogP contribution in [0.5, 0.6) is 0 Å². The molecule has 0 amide bonds. The summed E-state index contributed by atoms with van der Waals surface area (Å²) >= 11 is 5.64. The van der Waals surface area contributed by atoms with Gasteiger partial charge in [-0.1, -0.05) is 19.0 Å². The molecule has 4 rings (SSSR count). The zero-order chi connectivity index (χ0) is 19.8. The average Bonchev–Trinajstić information content (AvgIpc) is 2.69. The fourth-order valence-electron chi connectivity index (χ4n) is 2.16. The molecule has 0 unspecified atom stereocenters. The number of nitrogens with zero attached hydrogens (tertiary/aromatic N) is 2. The molecule has 3 N–H and O–H groups in total. The van der Waals surface area contributed by atoms with Crippen molar-refractivity contribution in [3.63, 3.8) is 0 Å². The Bertz CT molecular complexity index is 1160. The molecule has 0 aliphatic carbocycles. The van der Waals surface area contributed by atoms with Gasteiger partial charge in [0.15, 0.2) is 0 Å². The third-order valence-electron chi connectivity index (χ3n) is 3.35. The molecule has 0 spiro atoms. The molecule has 148 valence electrons. The summed E-state index contributed by atoms with van der Waals surface area (Å²) in [7, 11) is 0.750. The number of aromatic amines is 2. The molecule has 0 saturated carbocycles. The first-order chi connectivity index (χ1) is 13.0. The molecule has 8 nitrogen and oxygen atoms in total. The van der Waals surface area contributed by atoms with Crippen molar-refractivity contribution in [1.29, 1.82) is 0 Å². The number of nitrogens with one attached hydrogen (secondary N) is 2. The predicted octanol–water partition coefficient (Wildman–Crippen LogP) is -1.39. The van der Waals surface area contributed by atoms with Crippen molar-refractivity contribution < 1.29 is 39.8 Å². The zero-order valence-electron chi connectivity index (χ0n) is 15.3. The van der Waals surface area contributed by atoms with E-state index in [1.54, 1.807) is 30.3 Å². The number of aliphatic hydroxyl groups excluding tert-OH is 1. The Morgan fingerprint density at radius 2 is 1.31 bits per heavy atom. The summed E-state index contributed by atoms with van der Waals surface area (Å²) in [6.07, 6.45) is 0. The van der Waals surface area contributed by atoms with Crippen LogP contribution in [0.4, 0.5) is 0 Å². The molecule has 0 radical (unpaired) electrons. The van der Waals surface area contributed by atoms with Gasteiger partial charge in [0.2, 0.25) is 11.1 Å². The van der Waals surface area contributed by atoms with Gasteiger partial charge in [0.1, 0.15) is 16.4 Å². The molecule has 0 atom stereocenters. The van der Waals surface area contributed by atoms with Crippen LogP contribution in [0.2, 0.25) is 5.15 Å². The van der Waals surface area contributed by atoms with Gasteiger partial charge in [0, 0.05) is 22.9 Å². The summed E-state index contributed by atoms with van der Waals surface area (Å²) in [5.74, 6) is 0. The van der Waals surface area contributed by atoms with Crippen molar-refractivity contribution in [3.05, 3.63) is 80.1 Å². The van der Waals surface area contributed by atoms with Crippen LogP contribution in [-0.2, 0) is 6.61 Å². The number of hydrogen-bond donors (Lipinski definition) is 3. The van der Waals surface area contributed by atoms with Gasteiger partial charge in [0.25, 0.3) is 0 Å². The minimum atomic E-state index is -0.185. The van der Waals surface area contributed by atoms with Crippen LogP contribution in [-0.4, -0.2) is 32.2 Å². The second kappa shape index (κ2) is 13.2. The number of H-pyrrole nitrogens is 2. The fraction of sp³-hybridized carbons (Fsp3) is 0.158. The van der Waals surface area contributed by atoms with Crippen molar-refractivity contribution in [2.45, 2.75) is 14.0 Å². The zero-order valence-corrected chi connectivity index (χ0v) is 18.0. The summed E-state index contributed by atoms with van der Waals surface area (Å²) in [6.45, 7) is -0.118. The van der Waals surface area contributed by atoms with Gasteiger partial charge in [0.05, 0.1) is 12.3 Å². The van der Waals surface area contributed by atoms with E-state index < -0.39 is 0 Å². The van der Waals surface area contributed by atoms with E-state index in [2.05, 4.69) is 19.9 Å². The van der Waals surface area contributed by atoms with Gasteiger partial charge in [-0.3, -0.25) is 9.59 Å². The number of aliphatic hydroxyl groups is 1. The van der Waals surface area contributed by atoms with Gasteiger partial charge in [-0.05, 0) is 36.4 Å². The van der Waals surface area contributed by atoms with Gasteiger partial charge in [-0.25, -0.2) is 9.97 Å². The second-order valence-electron chi connectivity index (χ2n) is 5.12. The van der Waals surface area contributed by atoms with E-state index in [1.165, 1.54) is 12.1 Å². The van der Waals surface area contributed by atoms with Crippen molar-refractivity contribution in [3.8, 4) is 0 Å². The maximum atomic E-state index is 10.9. The molecule has 0 fully saturated rings. The SMILES string of the molecule is C.C[O-].O=c1ccc2ccc(CO)nc2[nH]1.O=c1ccc2ccc(Cl)nc2[nH]1.[Na+]. The Labute approximate surface area is 193 Å². The van der Waals surface area contributed by atoms with Crippen LogP contribution in [0.1, 0.15) is 13.1 Å². The number of fused-ring (bicyclic) bond motifs is 2. The molecular weight excluding hydrogens is 407 g/mol. The summed E-state index contributed by atoms with van der Waals surface area (Å²) < 4.78 is 0. The summed E-state index contributed by atoms with van der Waals surface area (Å²) in [5.41, 5.74) is 1.23. The molecule has 0 aliphatic rings. The summed E-state index contributed by atoms with van der Waals surface area (Å²) in [4.78, 5) is 34.9. The molecule has 4 aromatic heterocycles. The quantitative estimate of drug-likeness (QED) is 0.253. The molecule has 0 saturated heterocycles. The van der Waals surface area contributed by atoms with Crippen LogP contribution >= 0.6 is 11.6 Å². The van der Waals surface area contributed by atoms with Gasteiger partial charge < -0.3 is 20.2 Å². The van der Waals surface area contributed by atoms with E-state index in [9.17, 15) is 9.59 Å². The topological polar surface area (TPSA) is 135 Å². The van der Waals surface area contributed by atoms with Crippen molar-refractivity contribution in [2.24, 2.45) is 0 Å². The van der Waals surface area contributed by atoms with Crippen molar-refractivity contribution in [1.82, 2.24) is 19.9 Å². The molecule has 0 aromatic carbocycles. The third-order valence-corrected chi connectivity index (χ3v) is 3.56. The van der Waals surface area contributed by atoms with Gasteiger partial charge in [-0.15, -0.1) is 0 Å². The van der Waals surface area contributed by atoms with Crippen molar-refractivity contribution >= 4 is 33.7 Å². The largest absolute Gasteiger partial charge is 1.00 e. The van der Waals surface area contributed by atoms with E-state index in [4.69, 9.17) is 21.8 Å². The maximum Gasteiger partial charge on any atom is 1.00 e. The maximum absolute atomic E-state index is 10.9. The Kier molecular flexibility index (Phi) is 12.3. The predicted molar refractivity (Wildman–Crippen MR) is 108 cm³/mol. The molecule has 4 heterocycles. The van der Waals surface area contributed by atoms with Crippen LogP contribution in [0.25, 0.3) is 22.1 Å². The monoisotopic (exact) mass is 426 g/mol. The number of aromatic nitrogens is 4. The number of halogens is 1. The minimum absolute atomic E-state index is 0. The Balaban J connectivity index is 0.000000469. The van der Waals surface area contributed by atoms with E-state index in [-0.39, 0.29) is 54.7 Å². The molecule has 4 aromatic rings. The number of hydrogen-bond acceptors (Lipinski definition) is 6. The van der Waals surface area contributed by atoms with Crippen molar-refractivity contribution in [2.75, 3.05) is 7.11 Å². The van der Waals surface area contributed by atoms with E-state index in [0.29, 0.717) is 22.1 Å². The van der Waals surface area contributed by atoms with E-state index in [0.717, 1.165) is 17.9 Å². The molecule has 0 aliphatic heterocycles. The Morgan fingerprint density at radius 3 is 1.83 bits per heavy atom. The Hall–Kier alpha value is -2.07. The first-order valence-electron chi connectivity index (χ1n) is 7.71. The van der Waals surface area contributed by atoms with Crippen LogP contribution in [0, 0.1) is 0 Å². The number of rotatable bonds is 1. The van der Waals surface area contributed by atoms with Gasteiger partial charge in [-0.2, -0.15) is 7.11 Å². The number of pyridine rings is 4. The van der Waals surface area contributed by atoms with Crippen LogP contribution in [0.15, 0.2) is 58.1 Å². The second-order valence-corrected chi connectivity index (χ2v) is 5.50. The first kappa shape index (κ1) is 26.9. The van der Waals surface area contributed by atoms with Crippen LogP contribution in [0.3, 0.4) is 0 Å². The average molecular weight is 427 g/mol. The molecule has 29 heavy (non-hydrogen) atoms. The first-order valence-corrected chi connectivity index (χ1v) is 8.09. The van der Waals surface area contributed by atoms with Gasteiger partial charge >= 0.3 is 29.6 Å². The summed E-state index contributed by atoms with van der Waals surface area (Å²) in [6, 6.07) is 13.3. The standard InChI is InChI=1S/C9H8N2O2.C8H5ClN2O.CH3O.CH4.Na/c12-5-7-3-1-6-2-4-8(13)11-9(6)10-7;9-6-3-1-5-2-4-7(12)11-8(5)10-6;1-2;;/h1-4,12H,5H2,(H,10,11,13);1-4H,(H,10,11,12);1H3;1H4;/q;;-1;;+1. The normalized spacial score (nSPS) is 9.24. The van der Waals surface area contributed by atoms with E-state index >= 15 is 0 Å². The molecular formula is C19H20ClN4NaO4. The molecule has 10 heteroatoms. The van der Waals surface area contributed by atoms with Crippen LogP contribution < -0.4 is 45.8 Å². The Morgan fingerprint density at radius 1 is 0.862 bits per heavy atom. The molecule has 0 bridgehead atoms. The smallest absolute Gasteiger partial charge is 0.857 e. The fourth-order valence-corrected chi connectivity index (χ4v) is 2.31. The third kappa shape index (κ3) is 7.69.